The van der Waals surface area contributed by atoms with E-state index in [1.807, 2.05) is 72.5 Å². The molecule has 0 bridgehead atoms. The summed E-state index contributed by atoms with van der Waals surface area (Å²) in [4.78, 5) is 23.7. The molecule has 2 N–H and O–H groups in total. The van der Waals surface area contributed by atoms with E-state index in [0.29, 0.717) is 25.4 Å². The van der Waals surface area contributed by atoms with Crippen LogP contribution in [0.1, 0.15) is 29.4 Å². The average Bonchev–Trinajstić information content (AvgIpc) is 3.49. The summed E-state index contributed by atoms with van der Waals surface area (Å²) in [6, 6.07) is 19.4. The Morgan fingerprint density at radius 2 is 2.00 bits per heavy atom. The number of ether oxygens (including phenoxy) is 1. The molecule has 1 aliphatic rings. The van der Waals surface area contributed by atoms with Crippen molar-refractivity contribution < 1.29 is 9.53 Å². The number of rotatable bonds is 7. The summed E-state index contributed by atoms with van der Waals surface area (Å²) in [6.45, 7) is 3.98. The molecule has 1 unspecified atom stereocenters. The number of carbonyl (C=O) groups excluding carboxylic acids is 1. The molecule has 8 nitrogen and oxygen atoms in total. The number of amides is 1. The van der Waals surface area contributed by atoms with Crippen molar-refractivity contribution >= 4 is 22.8 Å². The highest BCUT2D eigenvalue weighted by Crippen LogP contribution is 2.28. The van der Waals surface area contributed by atoms with Gasteiger partial charge >= 0.3 is 0 Å². The third-order valence-electron chi connectivity index (χ3n) is 5.89. The number of aromatic nitrogens is 4. The zero-order valence-electron chi connectivity index (χ0n) is 18.5. The molecule has 0 aliphatic carbocycles. The first-order valence-corrected chi connectivity index (χ1v) is 11.1. The van der Waals surface area contributed by atoms with Gasteiger partial charge in [0.1, 0.15) is 5.75 Å². The van der Waals surface area contributed by atoms with Crippen molar-refractivity contribution in [2.24, 2.45) is 0 Å². The van der Waals surface area contributed by atoms with Crippen LogP contribution in [0.5, 0.6) is 5.75 Å². The summed E-state index contributed by atoms with van der Waals surface area (Å²) in [5, 5.41) is 11.7. The van der Waals surface area contributed by atoms with Crippen molar-refractivity contribution in [3.8, 4) is 5.75 Å². The number of hydrogen-bond acceptors (Lipinski definition) is 6. The van der Waals surface area contributed by atoms with E-state index in [1.54, 1.807) is 0 Å². The summed E-state index contributed by atoms with van der Waals surface area (Å²) >= 11 is 0. The molecule has 1 fully saturated rings. The molecule has 0 spiro atoms. The predicted molar refractivity (Wildman–Crippen MR) is 126 cm³/mol. The molecule has 1 amide bonds. The lowest BCUT2D eigenvalue weighted by atomic mass is 10.0. The molecule has 168 valence electrons. The fourth-order valence-electron chi connectivity index (χ4n) is 4.14. The van der Waals surface area contributed by atoms with Crippen LogP contribution in [0, 0.1) is 6.92 Å². The van der Waals surface area contributed by atoms with Gasteiger partial charge in [0.25, 0.3) is 5.91 Å². The van der Waals surface area contributed by atoms with Crippen molar-refractivity contribution in [3.63, 3.8) is 0 Å². The number of nitrogens with zero attached hydrogens (tertiary/aromatic N) is 4. The van der Waals surface area contributed by atoms with Crippen LogP contribution >= 0.6 is 0 Å². The van der Waals surface area contributed by atoms with E-state index in [0.717, 1.165) is 40.4 Å². The predicted octanol–water partition coefficient (Wildman–Crippen LogP) is 3.67. The molecule has 4 heterocycles. The molecule has 5 rings (SSSR count). The Morgan fingerprint density at radius 1 is 1.12 bits per heavy atom. The minimum Gasteiger partial charge on any atom is -0.484 e. The number of aryl methyl sites for hydroxylation is 1. The maximum atomic E-state index is 12.6. The number of hydrogen-bond donors (Lipinski definition) is 2. The molecule has 1 atom stereocenters. The third kappa shape index (κ3) is 4.79. The van der Waals surface area contributed by atoms with E-state index in [2.05, 4.69) is 20.5 Å². The second-order valence-corrected chi connectivity index (χ2v) is 8.26. The number of fused-ring (bicyclic) bond motifs is 1. The van der Waals surface area contributed by atoms with E-state index >= 15 is 0 Å². The highest BCUT2D eigenvalue weighted by molar-refractivity contribution is 5.87. The van der Waals surface area contributed by atoms with E-state index in [-0.39, 0.29) is 18.4 Å². The minimum atomic E-state index is 0.000200. The van der Waals surface area contributed by atoms with E-state index in [9.17, 15) is 4.79 Å². The highest BCUT2D eigenvalue weighted by Gasteiger charge is 2.28. The second-order valence-electron chi connectivity index (χ2n) is 8.26. The number of pyridine rings is 2. The van der Waals surface area contributed by atoms with Crippen molar-refractivity contribution in [1.29, 1.82) is 0 Å². The Labute approximate surface area is 192 Å². The van der Waals surface area contributed by atoms with Gasteiger partial charge in [0.2, 0.25) is 0 Å². The number of anilines is 1. The van der Waals surface area contributed by atoms with Crippen molar-refractivity contribution in [3.05, 3.63) is 77.7 Å². The molecule has 0 radical (unpaired) electrons. The molecule has 1 aromatic carbocycles. The molecule has 4 aromatic rings. The van der Waals surface area contributed by atoms with Gasteiger partial charge in [-0.25, -0.2) is 4.98 Å². The zero-order chi connectivity index (χ0) is 22.6. The Morgan fingerprint density at radius 3 is 2.85 bits per heavy atom. The Hall–Kier alpha value is -3.94. The standard InChI is InChI=1S/C25H26N6O2/c1-17-6-5-7-19(27-17)14-26-24-21-10-11-22(28-25(21)30-29-24)18-12-13-31(15-18)23(32)16-33-20-8-3-2-4-9-20/h2-11,18H,12-16H2,1H3,(H2,26,28,29,30). The van der Waals surface area contributed by atoms with Gasteiger partial charge in [-0.2, -0.15) is 5.10 Å². The molecule has 3 aromatic heterocycles. The highest BCUT2D eigenvalue weighted by atomic mass is 16.5. The van der Waals surface area contributed by atoms with Crippen LogP contribution < -0.4 is 10.1 Å². The molecule has 33 heavy (non-hydrogen) atoms. The van der Waals surface area contributed by atoms with Gasteiger partial charge in [0, 0.05) is 30.4 Å². The van der Waals surface area contributed by atoms with Gasteiger partial charge in [-0.05, 0) is 49.7 Å². The lowest BCUT2D eigenvalue weighted by Crippen LogP contribution is -2.32. The van der Waals surface area contributed by atoms with Gasteiger partial charge in [-0.1, -0.05) is 24.3 Å². The van der Waals surface area contributed by atoms with Gasteiger partial charge < -0.3 is 15.0 Å². The molecule has 1 saturated heterocycles. The van der Waals surface area contributed by atoms with E-state index in [4.69, 9.17) is 9.72 Å². The van der Waals surface area contributed by atoms with E-state index in [1.165, 1.54) is 0 Å². The van der Waals surface area contributed by atoms with Crippen LogP contribution in [0.4, 0.5) is 5.82 Å². The van der Waals surface area contributed by atoms with Crippen LogP contribution in [0.25, 0.3) is 11.0 Å². The molecule has 0 saturated carbocycles. The Kier molecular flexibility index (Phi) is 5.89. The average molecular weight is 443 g/mol. The van der Waals surface area contributed by atoms with Crippen LogP contribution in [0.15, 0.2) is 60.7 Å². The monoisotopic (exact) mass is 442 g/mol. The number of likely N-dealkylation sites (tertiary alicyclic amines) is 1. The van der Waals surface area contributed by atoms with Crippen LogP contribution in [0.3, 0.4) is 0 Å². The maximum Gasteiger partial charge on any atom is 0.260 e. The first kappa shape index (κ1) is 20.9. The summed E-state index contributed by atoms with van der Waals surface area (Å²) in [5.74, 6) is 1.66. The normalized spacial score (nSPS) is 15.7. The lowest BCUT2D eigenvalue weighted by Gasteiger charge is -2.17. The molecule has 8 heteroatoms. The molecule has 1 aliphatic heterocycles. The van der Waals surface area contributed by atoms with Crippen molar-refractivity contribution in [2.75, 3.05) is 25.0 Å². The van der Waals surface area contributed by atoms with Crippen LogP contribution in [0.2, 0.25) is 0 Å². The number of para-hydroxylation sites is 1. The maximum absolute atomic E-state index is 12.6. The fraction of sp³-hybridized carbons (Fsp3) is 0.280. The number of benzene rings is 1. The quantitative estimate of drug-likeness (QED) is 0.453. The third-order valence-corrected chi connectivity index (χ3v) is 5.89. The summed E-state index contributed by atoms with van der Waals surface area (Å²) in [5.41, 5.74) is 3.66. The van der Waals surface area contributed by atoms with Gasteiger partial charge in [-0.15, -0.1) is 0 Å². The van der Waals surface area contributed by atoms with Crippen LogP contribution in [-0.2, 0) is 11.3 Å². The number of nitrogens with one attached hydrogen (secondary N) is 2. The molecular weight excluding hydrogens is 416 g/mol. The fourth-order valence-corrected chi connectivity index (χ4v) is 4.14. The Balaban J connectivity index is 1.20. The first-order valence-electron chi connectivity index (χ1n) is 11.1. The summed E-state index contributed by atoms with van der Waals surface area (Å²) < 4.78 is 5.61. The lowest BCUT2D eigenvalue weighted by molar-refractivity contribution is -0.132. The second kappa shape index (κ2) is 9.28. The first-order chi connectivity index (χ1) is 16.2. The number of H-pyrrole nitrogens is 1. The SMILES string of the molecule is Cc1cccc(CNc2n[nH]c3nc(C4CCN(C(=O)COc5ccccc5)C4)ccc23)n1. The van der Waals surface area contributed by atoms with Crippen molar-refractivity contribution in [2.45, 2.75) is 25.8 Å². The number of aromatic amines is 1. The number of carbonyl (C=O) groups is 1. The van der Waals surface area contributed by atoms with Gasteiger partial charge in [0.05, 0.1) is 17.6 Å². The zero-order valence-corrected chi connectivity index (χ0v) is 18.5. The summed E-state index contributed by atoms with van der Waals surface area (Å²) in [7, 11) is 0. The Bertz CT molecular complexity index is 1260. The van der Waals surface area contributed by atoms with Gasteiger partial charge in [0.15, 0.2) is 18.1 Å². The van der Waals surface area contributed by atoms with Crippen molar-refractivity contribution in [1.82, 2.24) is 25.1 Å². The topological polar surface area (TPSA) is 96.0 Å². The van der Waals surface area contributed by atoms with Crippen LogP contribution in [-0.4, -0.2) is 50.7 Å². The van der Waals surface area contributed by atoms with Gasteiger partial charge in [-0.3, -0.25) is 14.9 Å². The minimum absolute atomic E-state index is 0.000200. The van der Waals surface area contributed by atoms with E-state index < -0.39 is 0 Å². The smallest absolute Gasteiger partial charge is 0.260 e. The molecular formula is C25H26N6O2. The largest absolute Gasteiger partial charge is 0.484 e. The summed E-state index contributed by atoms with van der Waals surface area (Å²) in [6.07, 6.45) is 0.883.